The molecular formula is C10H13BrN2O2. The quantitative estimate of drug-likeness (QED) is 0.778. The van der Waals surface area contributed by atoms with Crippen LogP contribution in [0.1, 0.15) is 42.1 Å². The molecule has 0 atom stereocenters. The fourth-order valence-corrected chi connectivity index (χ4v) is 2.64. The van der Waals surface area contributed by atoms with E-state index in [1.54, 1.807) is 6.20 Å². The second-order valence-corrected chi connectivity index (χ2v) is 4.47. The van der Waals surface area contributed by atoms with Crippen molar-refractivity contribution in [3.8, 4) is 0 Å². The number of halogens is 1. The maximum atomic E-state index is 11.4. The van der Waals surface area contributed by atoms with Gasteiger partial charge in [0.1, 0.15) is 10.2 Å². The van der Waals surface area contributed by atoms with Crippen molar-refractivity contribution in [2.75, 3.05) is 7.11 Å². The molecule has 4 nitrogen and oxygen atoms in total. The van der Waals surface area contributed by atoms with Crippen LogP contribution in [0.25, 0.3) is 0 Å². The highest BCUT2D eigenvalue weighted by atomic mass is 79.9. The Labute approximate surface area is 96.7 Å². The van der Waals surface area contributed by atoms with Gasteiger partial charge in [0, 0.05) is 0 Å². The Balaban J connectivity index is 2.26. The molecule has 5 heteroatoms. The van der Waals surface area contributed by atoms with E-state index < -0.39 is 0 Å². The third-order valence-corrected chi connectivity index (χ3v) is 3.60. The van der Waals surface area contributed by atoms with Crippen molar-refractivity contribution in [1.29, 1.82) is 0 Å². The largest absolute Gasteiger partial charge is 0.465 e. The fourth-order valence-electron chi connectivity index (χ4n) is 2.00. The highest BCUT2D eigenvalue weighted by Gasteiger charge is 2.23. The van der Waals surface area contributed by atoms with E-state index in [0.717, 1.165) is 17.4 Å². The van der Waals surface area contributed by atoms with E-state index in [2.05, 4.69) is 25.8 Å². The van der Waals surface area contributed by atoms with Gasteiger partial charge in [0.15, 0.2) is 0 Å². The van der Waals surface area contributed by atoms with E-state index in [1.165, 1.54) is 20.0 Å². The van der Waals surface area contributed by atoms with E-state index in [4.69, 9.17) is 0 Å². The average Bonchev–Trinajstić information content (AvgIpc) is 2.85. The monoisotopic (exact) mass is 272 g/mol. The Bertz CT molecular complexity index is 369. The molecule has 0 unspecified atom stereocenters. The molecular weight excluding hydrogens is 260 g/mol. The molecule has 0 aromatic carbocycles. The SMILES string of the molecule is COC(=O)c1cnn(C2CCCC2)c1Br. The van der Waals surface area contributed by atoms with Crippen molar-refractivity contribution in [2.45, 2.75) is 31.7 Å². The van der Waals surface area contributed by atoms with Gasteiger partial charge in [-0.3, -0.25) is 4.68 Å². The van der Waals surface area contributed by atoms with E-state index in [1.807, 2.05) is 4.68 Å². The topological polar surface area (TPSA) is 44.1 Å². The first-order valence-corrected chi connectivity index (χ1v) is 5.84. The molecule has 1 fully saturated rings. The van der Waals surface area contributed by atoms with Gasteiger partial charge in [0.05, 0.1) is 19.3 Å². The molecule has 1 aliphatic rings. The van der Waals surface area contributed by atoms with Crippen molar-refractivity contribution in [1.82, 2.24) is 9.78 Å². The third kappa shape index (κ3) is 1.93. The normalized spacial score (nSPS) is 16.9. The summed E-state index contributed by atoms with van der Waals surface area (Å²) in [5.41, 5.74) is 0.504. The summed E-state index contributed by atoms with van der Waals surface area (Å²) < 4.78 is 7.30. The van der Waals surface area contributed by atoms with Crippen LogP contribution in [-0.4, -0.2) is 22.9 Å². The molecule has 82 valence electrons. The van der Waals surface area contributed by atoms with Crippen LogP contribution in [0.15, 0.2) is 10.8 Å². The summed E-state index contributed by atoms with van der Waals surface area (Å²) in [5, 5.41) is 4.24. The van der Waals surface area contributed by atoms with Crippen LogP contribution < -0.4 is 0 Å². The standard InChI is InChI=1S/C10H13BrN2O2/c1-15-10(14)8-6-12-13(9(8)11)7-4-2-3-5-7/h6-7H,2-5H2,1H3. The minimum atomic E-state index is -0.342. The minimum Gasteiger partial charge on any atom is -0.465 e. The summed E-state index contributed by atoms with van der Waals surface area (Å²) >= 11 is 3.40. The molecule has 0 amide bonds. The van der Waals surface area contributed by atoms with Gasteiger partial charge in [-0.25, -0.2) is 4.79 Å². The molecule has 1 aromatic heterocycles. The fraction of sp³-hybridized carbons (Fsp3) is 0.600. The molecule has 1 aromatic rings. The molecule has 1 saturated carbocycles. The van der Waals surface area contributed by atoms with E-state index in [9.17, 15) is 4.79 Å². The van der Waals surface area contributed by atoms with Crippen molar-refractivity contribution in [2.24, 2.45) is 0 Å². The Morgan fingerprint density at radius 2 is 2.27 bits per heavy atom. The van der Waals surface area contributed by atoms with Crippen molar-refractivity contribution >= 4 is 21.9 Å². The summed E-state index contributed by atoms with van der Waals surface area (Å²) in [7, 11) is 1.38. The first-order valence-electron chi connectivity index (χ1n) is 5.05. The number of carbonyl (C=O) groups is 1. The Morgan fingerprint density at radius 1 is 1.60 bits per heavy atom. The van der Waals surface area contributed by atoms with Gasteiger partial charge in [-0.15, -0.1) is 0 Å². The lowest BCUT2D eigenvalue weighted by molar-refractivity contribution is 0.0599. The Hall–Kier alpha value is -0.840. The summed E-state index contributed by atoms with van der Waals surface area (Å²) in [5.74, 6) is -0.342. The second kappa shape index (κ2) is 4.35. The number of hydrogen-bond acceptors (Lipinski definition) is 3. The van der Waals surface area contributed by atoms with Gasteiger partial charge >= 0.3 is 5.97 Å². The molecule has 2 rings (SSSR count). The first-order chi connectivity index (χ1) is 7.24. The molecule has 0 bridgehead atoms. The predicted molar refractivity (Wildman–Crippen MR) is 58.8 cm³/mol. The van der Waals surface area contributed by atoms with Crippen LogP contribution in [-0.2, 0) is 4.74 Å². The minimum absolute atomic E-state index is 0.342. The van der Waals surface area contributed by atoms with Crippen LogP contribution in [0.3, 0.4) is 0 Å². The molecule has 0 radical (unpaired) electrons. The summed E-state index contributed by atoms with van der Waals surface area (Å²) in [6, 6.07) is 0.429. The maximum absolute atomic E-state index is 11.4. The molecule has 0 N–H and O–H groups in total. The lowest BCUT2D eigenvalue weighted by Gasteiger charge is -2.10. The van der Waals surface area contributed by atoms with Gasteiger partial charge in [-0.05, 0) is 28.8 Å². The number of ether oxygens (including phenoxy) is 1. The van der Waals surface area contributed by atoms with Crippen LogP contribution in [0, 0.1) is 0 Å². The molecule has 1 aliphatic carbocycles. The smallest absolute Gasteiger partial charge is 0.342 e. The lowest BCUT2D eigenvalue weighted by atomic mass is 10.2. The van der Waals surface area contributed by atoms with Crippen LogP contribution >= 0.6 is 15.9 Å². The van der Waals surface area contributed by atoms with Crippen molar-refractivity contribution in [3.63, 3.8) is 0 Å². The average molecular weight is 273 g/mol. The second-order valence-electron chi connectivity index (χ2n) is 3.72. The highest BCUT2D eigenvalue weighted by Crippen LogP contribution is 2.32. The zero-order valence-corrected chi connectivity index (χ0v) is 10.2. The van der Waals surface area contributed by atoms with Gasteiger partial charge in [0.2, 0.25) is 0 Å². The predicted octanol–water partition coefficient (Wildman–Crippen LogP) is 2.55. The summed E-state index contributed by atoms with van der Waals surface area (Å²) in [4.78, 5) is 11.4. The van der Waals surface area contributed by atoms with Crippen molar-refractivity contribution < 1.29 is 9.53 Å². The van der Waals surface area contributed by atoms with Crippen LogP contribution in [0.5, 0.6) is 0 Å². The Kier molecular flexibility index (Phi) is 3.09. The molecule has 0 spiro atoms. The number of nitrogens with zero attached hydrogens (tertiary/aromatic N) is 2. The van der Waals surface area contributed by atoms with Crippen molar-refractivity contribution in [3.05, 3.63) is 16.4 Å². The number of methoxy groups -OCH3 is 1. The van der Waals surface area contributed by atoms with E-state index in [0.29, 0.717) is 11.6 Å². The summed E-state index contributed by atoms with van der Waals surface area (Å²) in [6.07, 6.45) is 6.32. The van der Waals surface area contributed by atoms with Crippen LogP contribution in [0.2, 0.25) is 0 Å². The zero-order valence-electron chi connectivity index (χ0n) is 8.57. The van der Waals surface area contributed by atoms with E-state index in [-0.39, 0.29) is 5.97 Å². The van der Waals surface area contributed by atoms with E-state index >= 15 is 0 Å². The molecule has 1 heterocycles. The Morgan fingerprint density at radius 3 is 2.87 bits per heavy atom. The zero-order chi connectivity index (χ0) is 10.8. The van der Waals surface area contributed by atoms with Crippen LogP contribution in [0.4, 0.5) is 0 Å². The third-order valence-electron chi connectivity index (χ3n) is 2.81. The number of hydrogen-bond donors (Lipinski definition) is 0. The number of esters is 1. The van der Waals surface area contributed by atoms with Gasteiger partial charge in [-0.2, -0.15) is 5.10 Å². The lowest BCUT2D eigenvalue weighted by Crippen LogP contribution is -2.08. The highest BCUT2D eigenvalue weighted by molar-refractivity contribution is 9.10. The first kappa shape index (κ1) is 10.7. The molecule has 0 aliphatic heterocycles. The van der Waals surface area contributed by atoms with Gasteiger partial charge in [-0.1, -0.05) is 12.8 Å². The number of aromatic nitrogens is 2. The van der Waals surface area contributed by atoms with Gasteiger partial charge in [0.25, 0.3) is 0 Å². The number of carbonyl (C=O) groups excluding carboxylic acids is 1. The summed E-state index contributed by atoms with van der Waals surface area (Å²) in [6.45, 7) is 0. The van der Waals surface area contributed by atoms with Gasteiger partial charge < -0.3 is 4.74 Å². The molecule has 0 saturated heterocycles. The molecule has 15 heavy (non-hydrogen) atoms. The number of rotatable bonds is 2. The maximum Gasteiger partial charge on any atom is 0.342 e.